The number of amides is 1. The van der Waals surface area contributed by atoms with E-state index >= 15 is 0 Å². The lowest BCUT2D eigenvalue weighted by atomic mass is 10.1. The van der Waals surface area contributed by atoms with Crippen LogP contribution in [0.15, 0.2) is 66.7 Å². The van der Waals surface area contributed by atoms with Crippen molar-refractivity contribution in [2.75, 3.05) is 11.4 Å². The summed E-state index contributed by atoms with van der Waals surface area (Å²) in [5.74, 6) is 0.992. The summed E-state index contributed by atoms with van der Waals surface area (Å²) < 4.78 is 2.15. The molecule has 1 atom stereocenters. The van der Waals surface area contributed by atoms with Gasteiger partial charge in [0, 0.05) is 40.2 Å². The van der Waals surface area contributed by atoms with Crippen LogP contribution >= 0.6 is 23.2 Å². The number of aromatic nitrogens is 2. The topological polar surface area (TPSA) is 38.1 Å². The Kier molecular flexibility index (Phi) is 5.20. The van der Waals surface area contributed by atoms with Gasteiger partial charge < -0.3 is 9.47 Å². The predicted molar refractivity (Wildman–Crippen MR) is 126 cm³/mol. The molecule has 1 amide bonds. The third-order valence-electron chi connectivity index (χ3n) is 5.90. The normalized spacial score (nSPS) is 16.4. The van der Waals surface area contributed by atoms with Gasteiger partial charge in [0.15, 0.2) is 0 Å². The van der Waals surface area contributed by atoms with Gasteiger partial charge in [-0.15, -0.1) is 0 Å². The van der Waals surface area contributed by atoms with E-state index in [0.29, 0.717) is 29.6 Å². The number of anilines is 1. The van der Waals surface area contributed by atoms with Gasteiger partial charge >= 0.3 is 0 Å². The summed E-state index contributed by atoms with van der Waals surface area (Å²) in [5.41, 5.74) is 4.87. The van der Waals surface area contributed by atoms with E-state index in [9.17, 15) is 4.79 Å². The van der Waals surface area contributed by atoms with E-state index in [0.717, 1.165) is 28.1 Å². The van der Waals surface area contributed by atoms with Crippen LogP contribution in [-0.4, -0.2) is 22.0 Å². The Balaban J connectivity index is 1.55. The van der Waals surface area contributed by atoms with Crippen molar-refractivity contribution >= 4 is 45.8 Å². The maximum atomic E-state index is 12.9. The lowest BCUT2D eigenvalue weighted by molar-refractivity contribution is -0.117. The van der Waals surface area contributed by atoms with Crippen molar-refractivity contribution in [3.05, 3.63) is 93.7 Å². The van der Waals surface area contributed by atoms with Gasteiger partial charge in [-0.25, -0.2) is 4.98 Å². The molecule has 0 saturated carbocycles. The second-order valence-electron chi connectivity index (χ2n) is 7.99. The molecule has 1 saturated heterocycles. The number of para-hydroxylation sites is 2. The summed E-state index contributed by atoms with van der Waals surface area (Å²) in [5, 5.41) is 1.25. The Morgan fingerprint density at radius 1 is 0.968 bits per heavy atom. The van der Waals surface area contributed by atoms with Gasteiger partial charge in [-0.3, -0.25) is 4.79 Å². The average Bonchev–Trinajstić information content (AvgIpc) is 3.32. The fourth-order valence-corrected chi connectivity index (χ4v) is 4.79. The zero-order valence-electron chi connectivity index (χ0n) is 17.1. The third kappa shape index (κ3) is 3.71. The monoisotopic (exact) mass is 449 g/mol. The first kappa shape index (κ1) is 20.1. The lowest BCUT2D eigenvalue weighted by Gasteiger charge is -2.18. The molecule has 156 valence electrons. The molecule has 0 spiro atoms. The number of carbonyl (C=O) groups excluding carboxylic acids is 1. The molecule has 2 heterocycles. The van der Waals surface area contributed by atoms with Gasteiger partial charge in [-0.1, -0.05) is 59.1 Å². The lowest BCUT2D eigenvalue weighted by Crippen LogP contribution is -2.24. The van der Waals surface area contributed by atoms with Crippen LogP contribution in [0, 0.1) is 6.92 Å². The van der Waals surface area contributed by atoms with Gasteiger partial charge in [-0.2, -0.15) is 0 Å². The molecule has 5 rings (SSSR count). The van der Waals surface area contributed by atoms with E-state index in [4.69, 9.17) is 28.2 Å². The summed E-state index contributed by atoms with van der Waals surface area (Å²) in [6, 6.07) is 21.6. The fraction of sp³-hybridized carbons (Fsp3) is 0.200. The van der Waals surface area contributed by atoms with E-state index in [-0.39, 0.29) is 11.8 Å². The predicted octanol–water partition coefficient (Wildman–Crippen LogP) is 6.22. The molecule has 0 N–H and O–H groups in total. The molecule has 3 aromatic carbocycles. The van der Waals surface area contributed by atoms with Crippen molar-refractivity contribution in [2.45, 2.75) is 25.8 Å². The van der Waals surface area contributed by atoms with E-state index in [1.54, 1.807) is 0 Å². The maximum absolute atomic E-state index is 12.9. The van der Waals surface area contributed by atoms with Crippen molar-refractivity contribution in [2.24, 2.45) is 0 Å². The highest BCUT2D eigenvalue weighted by molar-refractivity contribution is 6.36. The zero-order chi connectivity index (χ0) is 21.5. The number of aryl methyl sites for hydroxylation is 1. The Morgan fingerprint density at radius 3 is 2.42 bits per heavy atom. The molecule has 0 bridgehead atoms. The summed E-state index contributed by atoms with van der Waals surface area (Å²) in [6.45, 7) is 3.14. The Morgan fingerprint density at radius 2 is 1.68 bits per heavy atom. The van der Waals surface area contributed by atoms with Crippen LogP contribution in [0.1, 0.15) is 29.3 Å². The quantitative estimate of drug-likeness (QED) is 0.370. The smallest absolute Gasteiger partial charge is 0.227 e. The summed E-state index contributed by atoms with van der Waals surface area (Å²) in [4.78, 5) is 19.7. The van der Waals surface area contributed by atoms with Crippen LogP contribution in [0.5, 0.6) is 0 Å². The van der Waals surface area contributed by atoms with Crippen LogP contribution in [0.25, 0.3) is 11.0 Å². The average molecular weight is 450 g/mol. The number of nitrogens with zero attached hydrogens (tertiary/aromatic N) is 3. The van der Waals surface area contributed by atoms with Crippen molar-refractivity contribution in [1.82, 2.24) is 9.55 Å². The number of hydrogen-bond acceptors (Lipinski definition) is 2. The highest BCUT2D eigenvalue weighted by Crippen LogP contribution is 2.35. The number of carbonyl (C=O) groups is 1. The van der Waals surface area contributed by atoms with E-state index in [1.165, 1.54) is 5.56 Å². The summed E-state index contributed by atoms with van der Waals surface area (Å²) in [6.07, 6.45) is 0.424. The standard InChI is InChI=1S/C25H21Cl2N3O/c1-16-9-11-18(12-10-16)29-14-17(13-24(29)31)25-28-22-7-2-3-8-23(22)30(25)15-19-20(26)5-4-6-21(19)27/h2-12,17H,13-15H2,1H3. The highest BCUT2D eigenvalue weighted by atomic mass is 35.5. The van der Waals surface area contributed by atoms with Crippen molar-refractivity contribution in [1.29, 1.82) is 0 Å². The van der Waals surface area contributed by atoms with Crippen LogP contribution in [0.2, 0.25) is 10.0 Å². The van der Waals surface area contributed by atoms with Crippen LogP contribution in [-0.2, 0) is 11.3 Å². The Labute approximate surface area is 191 Å². The maximum Gasteiger partial charge on any atom is 0.227 e. The number of imidazole rings is 1. The second kappa shape index (κ2) is 8.03. The van der Waals surface area contributed by atoms with Gasteiger partial charge in [0.05, 0.1) is 17.6 Å². The largest absolute Gasteiger partial charge is 0.323 e. The Hall–Kier alpha value is -2.82. The number of benzene rings is 3. The molecule has 1 aliphatic rings. The van der Waals surface area contributed by atoms with Crippen molar-refractivity contribution < 1.29 is 4.79 Å². The molecule has 0 radical (unpaired) electrons. The van der Waals surface area contributed by atoms with E-state index < -0.39 is 0 Å². The minimum absolute atomic E-state index is 0.0116. The molecule has 0 aliphatic carbocycles. The van der Waals surface area contributed by atoms with Crippen LogP contribution < -0.4 is 4.90 Å². The zero-order valence-corrected chi connectivity index (χ0v) is 18.6. The molecular formula is C25H21Cl2N3O. The third-order valence-corrected chi connectivity index (χ3v) is 6.61. The van der Waals surface area contributed by atoms with E-state index in [1.807, 2.05) is 78.6 Å². The van der Waals surface area contributed by atoms with Gasteiger partial charge in [-0.05, 0) is 43.3 Å². The minimum Gasteiger partial charge on any atom is -0.323 e. The molecule has 1 aliphatic heterocycles. The summed E-state index contributed by atoms with van der Waals surface area (Å²) in [7, 11) is 0. The first-order chi connectivity index (χ1) is 15.0. The first-order valence-electron chi connectivity index (χ1n) is 10.3. The molecular weight excluding hydrogens is 429 g/mol. The van der Waals surface area contributed by atoms with Gasteiger partial charge in [0.1, 0.15) is 5.82 Å². The molecule has 4 nitrogen and oxygen atoms in total. The molecule has 4 aromatic rings. The number of halogens is 2. The molecule has 1 fully saturated rings. The van der Waals surface area contributed by atoms with Crippen molar-refractivity contribution in [3.63, 3.8) is 0 Å². The molecule has 1 aromatic heterocycles. The SMILES string of the molecule is Cc1ccc(N2CC(c3nc4ccccc4n3Cc3c(Cl)cccc3Cl)CC2=O)cc1. The minimum atomic E-state index is -0.0116. The Bertz CT molecular complexity index is 1260. The number of fused-ring (bicyclic) bond motifs is 1. The molecule has 1 unspecified atom stereocenters. The van der Waals surface area contributed by atoms with Crippen LogP contribution in [0.3, 0.4) is 0 Å². The number of rotatable bonds is 4. The second-order valence-corrected chi connectivity index (χ2v) is 8.80. The molecule has 6 heteroatoms. The highest BCUT2D eigenvalue weighted by Gasteiger charge is 2.35. The van der Waals surface area contributed by atoms with Gasteiger partial charge in [0.25, 0.3) is 0 Å². The van der Waals surface area contributed by atoms with E-state index in [2.05, 4.69) is 4.57 Å². The fourth-order valence-electron chi connectivity index (χ4n) is 4.27. The summed E-state index contributed by atoms with van der Waals surface area (Å²) >= 11 is 12.9. The molecule has 31 heavy (non-hydrogen) atoms. The van der Waals surface area contributed by atoms with Crippen LogP contribution in [0.4, 0.5) is 5.69 Å². The first-order valence-corrected chi connectivity index (χ1v) is 11.0. The van der Waals surface area contributed by atoms with Crippen molar-refractivity contribution in [3.8, 4) is 0 Å². The number of hydrogen-bond donors (Lipinski definition) is 0. The van der Waals surface area contributed by atoms with Gasteiger partial charge in [0.2, 0.25) is 5.91 Å².